The molecule has 0 aliphatic carbocycles. The first-order valence-corrected chi connectivity index (χ1v) is 14.0. The summed E-state index contributed by atoms with van der Waals surface area (Å²) in [6, 6.07) is 0. The molecule has 2 unspecified atom stereocenters. The molecule has 0 saturated carbocycles. The normalized spacial score (nSPS) is 13.7. The van der Waals surface area contributed by atoms with Crippen molar-refractivity contribution < 1.29 is 47.6 Å². The van der Waals surface area contributed by atoms with Gasteiger partial charge in [0.1, 0.15) is 0 Å². The van der Waals surface area contributed by atoms with E-state index in [9.17, 15) is 18.1 Å². The van der Waals surface area contributed by atoms with Crippen LogP contribution in [-0.4, -0.2) is 29.4 Å². The van der Waals surface area contributed by atoms with Crippen molar-refractivity contribution in [3.8, 4) is 0 Å². The Labute approximate surface area is 210 Å². The molecule has 30 heavy (non-hydrogen) atoms. The monoisotopic (exact) mass is 456 g/mol. The predicted octanol–water partition coefficient (Wildman–Crippen LogP) is 4.11. The minimum Gasteiger partial charge on any atom is -0.748 e. The molecule has 0 aromatic carbocycles. The Morgan fingerprint density at radius 2 is 0.900 bits per heavy atom. The fourth-order valence-corrected chi connectivity index (χ4v) is 4.91. The van der Waals surface area contributed by atoms with Crippen molar-refractivity contribution in [1.82, 2.24) is 0 Å². The molecular formula is C24H49NaO4S. The maximum atomic E-state index is 11.4. The Morgan fingerprint density at radius 1 is 0.600 bits per heavy atom. The van der Waals surface area contributed by atoms with Gasteiger partial charge in [-0.25, -0.2) is 8.42 Å². The zero-order valence-corrected chi connectivity index (χ0v) is 23.2. The van der Waals surface area contributed by atoms with Crippen LogP contribution in [0.25, 0.3) is 0 Å². The van der Waals surface area contributed by atoms with Gasteiger partial charge in [0.2, 0.25) is 0 Å². The Balaban J connectivity index is 0. The van der Waals surface area contributed by atoms with E-state index < -0.39 is 15.4 Å². The molecule has 0 aromatic heterocycles. The van der Waals surface area contributed by atoms with Crippen LogP contribution in [0.2, 0.25) is 0 Å². The van der Waals surface area contributed by atoms with Crippen LogP contribution in [-0.2, 0) is 10.1 Å². The molecule has 0 aromatic rings. The van der Waals surface area contributed by atoms with Gasteiger partial charge in [0, 0.05) is 5.25 Å². The van der Waals surface area contributed by atoms with E-state index in [-0.39, 0.29) is 35.7 Å². The average molecular weight is 457 g/mol. The SMILES string of the molecule is CCCCCCCCCCC(O)CCCCCCC(CCCCCC)S(=O)(=O)[O-].[Na+]. The van der Waals surface area contributed by atoms with E-state index in [2.05, 4.69) is 13.8 Å². The van der Waals surface area contributed by atoms with Gasteiger partial charge in [-0.05, 0) is 25.7 Å². The number of unbranched alkanes of at least 4 members (excludes halogenated alkanes) is 13. The van der Waals surface area contributed by atoms with Gasteiger partial charge < -0.3 is 9.66 Å². The molecule has 0 bridgehead atoms. The third-order valence-electron chi connectivity index (χ3n) is 5.99. The molecule has 0 radical (unpaired) electrons. The molecule has 2 atom stereocenters. The first-order chi connectivity index (χ1) is 13.9. The summed E-state index contributed by atoms with van der Waals surface area (Å²) in [5.74, 6) is 0. The Kier molecular flexibility index (Phi) is 25.4. The molecule has 0 spiro atoms. The van der Waals surface area contributed by atoms with Crippen LogP contribution >= 0.6 is 0 Å². The van der Waals surface area contributed by atoms with Gasteiger partial charge in [-0.2, -0.15) is 0 Å². The number of aliphatic hydroxyl groups is 1. The first-order valence-electron chi connectivity index (χ1n) is 12.5. The van der Waals surface area contributed by atoms with Crippen molar-refractivity contribution in [2.45, 2.75) is 154 Å². The summed E-state index contributed by atoms with van der Waals surface area (Å²) in [6.07, 6.45) is 20.7. The van der Waals surface area contributed by atoms with Crippen molar-refractivity contribution in [3.63, 3.8) is 0 Å². The van der Waals surface area contributed by atoms with Crippen molar-refractivity contribution in [2.24, 2.45) is 0 Å². The molecule has 0 aliphatic heterocycles. The quantitative estimate of drug-likeness (QED) is 0.151. The third kappa shape index (κ3) is 22.1. The van der Waals surface area contributed by atoms with E-state index >= 15 is 0 Å². The molecule has 1 N–H and O–H groups in total. The van der Waals surface area contributed by atoms with Crippen LogP contribution in [0.5, 0.6) is 0 Å². The van der Waals surface area contributed by atoms with Crippen molar-refractivity contribution in [1.29, 1.82) is 0 Å². The predicted molar refractivity (Wildman–Crippen MR) is 123 cm³/mol. The number of rotatable bonds is 22. The minimum atomic E-state index is -4.17. The molecular weight excluding hydrogens is 407 g/mol. The second kappa shape index (κ2) is 23.0. The van der Waals surface area contributed by atoms with E-state index in [4.69, 9.17) is 0 Å². The molecule has 0 amide bonds. The summed E-state index contributed by atoms with van der Waals surface area (Å²) in [7, 11) is -4.17. The van der Waals surface area contributed by atoms with E-state index in [1.54, 1.807) is 0 Å². The van der Waals surface area contributed by atoms with Crippen LogP contribution in [0.4, 0.5) is 0 Å². The second-order valence-electron chi connectivity index (χ2n) is 8.87. The molecule has 0 fully saturated rings. The van der Waals surface area contributed by atoms with Gasteiger partial charge in [-0.1, -0.05) is 117 Å². The standard InChI is InChI=1S/C24H50O4S.Na/c1-3-5-7-9-10-11-12-15-19-23(25)20-16-13-14-18-22-24(29(26,27)28)21-17-8-6-4-2;/h23-25H,3-22H2,1-2H3,(H,26,27,28);/q;+1/p-1. The molecule has 0 heterocycles. The zero-order valence-electron chi connectivity index (χ0n) is 20.4. The van der Waals surface area contributed by atoms with Crippen LogP contribution in [0.3, 0.4) is 0 Å². The molecule has 0 aliphatic rings. The minimum absolute atomic E-state index is 0. The van der Waals surface area contributed by atoms with Gasteiger partial charge >= 0.3 is 29.6 Å². The summed E-state index contributed by atoms with van der Waals surface area (Å²) in [6.45, 7) is 4.36. The smallest absolute Gasteiger partial charge is 0.748 e. The largest absolute Gasteiger partial charge is 1.00 e. The molecule has 0 saturated heterocycles. The van der Waals surface area contributed by atoms with Crippen LogP contribution in [0.15, 0.2) is 0 Å². The fourth-order valence-electron chi connectivity index (χ4n) is 4.00. The topological polar surface area (TPSA) is 77.4 Å². The number of hydrogen-bond donors (Lipinski definition) is 1. The first kappa shape index (κ1) is 33.0. The molecule has 6 heteroatoms. The summed E-state index contributed by atoms with van der Waals surface area (Å²) in [5, 5.41) is 9.39. The second-order valence-corrected chi connectivity index (χ2v) is 10.5. The van der Waals surface area contributed by atoms with E-state index in [0.717, 1.165) is 70.6 Å². The van der Waals surface area contributed by atoms with E-state index in [1.807, 2.05) is 0 Å². The number of aliphatic hydroxyl groups excluding tert-OH is 1. The zero-order chi connectivity index (χ0) is 21.8. The van der Waals surface area contributed by atoms with Gasteiger partial charge in [0.25, 0.3) is 0 Å². The third-order valence-corrected chi connectivity index (χ3v) is 7.28. The van der Waals surface area contributed by atoms with Gasteiger partial charge in [-0.3, -0.25) is 0 Å². The van der Waals surface area contributed by atoms with Crippen LogP contribution in [0, 0.1) is 0 Å². The molecule has 4 nitrogen and oxygen atoms in total. The summed E-state index contributed by atoms with van der Waals surface area (Å²) < 4.78 is 34.3. The molecule has 0 rings (SSSR count). The average Bonchev–Trinajstić information content (AvgIpc) is 2.67. The molecule has 176 valence electrons. The maximum absolute atomic E-state index is 11.4. The summed E-state index contributed by atoms with van der Waals surface area (Å²) in [5.41, 5.74) is 0. The van der Waals surface area contributed by atoms with Crippen LogP contribution in [0.1, 0.15) is 142 Å². The Bertz CT molecular complexity index is 442. The maximum Gasteiger partial charge on any atom is 1.00 e. The van der Waals surface area contributed by atoms with E-state index in [1.165, 1.54) is 44.9 Å². The summed E-state index contributed by atoms with van der Waals surface area (Å²) >= 11 is 0. The fraction of sp³-hybridized carbons (Fsp3) is 1.00. The van der Waals surface area contributed by atoms with Gasteiger partial charge in [-0.15, -0.1) is 0 Å². The summed E-state index contributed by atoms with van der Waals surface area (Å²) in [4.78, 5) is 0. The van der Waals surface area contributed by atoms with Gasteiger partial charge in [0.15, 0.2) is 0 Å². The van der Waals surface area contributed by atoms with E-state index in [0.29, 0.717) is 12.8 Å². The number of hydrogen-bond acceptors (Lipinski definition) is 4. The van der Waals surface area contributed by atoms with Crippen LogP contribution < -0.4 is 29.6 Å². The van der Waals surface area contributed by atoms with Gasteiger partial charge in [0.05, 0.1) is 16.2 Å². The van der Waals surface area contributed by atoms with Crippen molar-refractivity contribution in [2.75, 3.05) is 0 Å². The Hall–Kier alpha value is 0.870. The van der Waals surface area contributed by atoms with Crippen molar-refractivity contribution in [3.05, 3.63) is 0 Å². The Morgan fingerprint density at radius 3 is 1.27 bits per heavy atom. The van der Waals surface area contributed by atoms with Crippen molar-refractivity contribution >= 4 is 10.1 Å².